The summed E-state index contributed by atoms with van der Waals surface area (Å²) in [7, 11) is 0. The van der Waals surface area contributed by atoms with Gasteiger partial charge in [-0.05, 0) is 19.8 Å². The molecule has 0 aliphatic rings. The maximum atomic E-state index is 3.60. The number of hydrogen-bond acceptors (Lipinski definition) is 0. The smallest absolute Gasteiger partial charge is 0.0354 e. The average Bonchev–Trinajstić information content (AvgIpc) is 2.04. The second-order valence-corrected chi connectivity index (χ2v) is 2.41. The van der Waals surface area contributed by atoms with Crippen molar-refractivity contribution in [3.8, 4) is 0 Å². The summed E-state index contributed by atoms with van der Waals surface area (Å²) in [5.41, 5.74) is 0. The lowest BCUT2D eigenvalue weighted by atomic mass is 10.3. The Morgan fingerprint density at radius 3 is 2.00 bits per heavy atom. The Kier molecular flexibility index (Phi) is 19.3. The van der Waals surface area contributed by atoms with Gasteiger partial charge < -0.3 is 0 Å². The molecule has 0 N–H and O–H groups in total. The predicted octanol–water partition coefficient (Wildman–Crippen LogP) is 4.34. The van der Waals surface area contributed by atoms with Gasteiger partial charge in [0.2, 0.25) is 0 Å². The Labute approximate surface area is 72.0 Å². The highest BCUT2D eigenvalue weighted by molar-refractivity contribution is 4.73. The van der Waals surface area contributed by atoms with Gasteiger partial charge in [0.15, 0.2) is 0 Å². The summed E-state index contributed by atoms with van der Waals surface area (Å²) < 4.78 is 0. The lowest BCUT2D eigenvalue weighted by Crippen LogP contribution is -1.61. The van der Waals surface area contributed by atoms with E-state index in [1.807, 2.05) is 13.0 Å². The minimum absolute atomic E-state index is 1.16. The summed E-state index contributed by atoms with van der Waals surface area (Å²) in [5, 5.41) is 0. The summed E-state index contributed by atoms with van der Waals surface area (Å²) in [6.45, 7) is 9.94. The van der Waals surface area contributed by atoms with Crippen molar-refractivity contribution in [2.24, 2.45) is 0 Å². The van der Waals surface area contributed by atoms with Gasteiger partial charge >= 0.3 is 0 Å². The molecule has 0 radical (unpaired) electrons. The summed E-state index contributed by atoms with van der Waals surface area (Å²) in [4.78, 5) is 0. The first-order valence-electron chi connectivity index (χ1n) is 4.55. The SMILES string of the molecule is C/C=C/CC.C=CCCCC. The summed E-state index contributed by atoms with van der Waals surface area (Å²) in [6, 6.07) is 0. The van der Waals surface area contributed by atoms with Crippen LogP contribution in [0, 0.1) is 0 Å². The molecule has 0 saturated heterocycles. The van der Waals surface area contributed by atoms with E-state index in [1.165, 1.54) is 19.3 Å². The maximum Gasteiger partial charge on any atom is -0.0354 e. The average molecular weight is 154 g/mol. The topological polar surface area (TPSA) is 0 Å². The van der Waals surface area contributed by atoms with E-state index >= 15 is 0 Å². The molecule has 0 bridgehead atoms. The lowest BCUT2D eigenvalue weighted by molar-refractivity contribution is 0.816. The van der Waals surface area contributed by atoms with E-state index < -0.39 is 0 Å². The van der Waals surface area contributed by atoms with Crippen molar-refractivity contribution >= 4 is 0 Å². The minimum Gasteiger partial charge on any atom is -0.103 e. The van der Waals surface area contributed by atoms with Crippen LogP contribution >= 0.6 is 0 Å². The molecular weight excluding hydrogens is 132 g/mol. The van der Waals surface area contributed by atoms with Crippen molar-refractivity contribution in [2.45, 2.75) is 46.5 Å². The largest absolute Gasteiger partial charge is 0.103 e. The molecule has 0 aliphatic heterocycles. The highest BCUT2D eigenvalue weighted by Crippen LogP contribution is 1.91. The molecule has 11 heavy (non-hydrogen) atoms. The minimum atomic E-state index is 1.16. The number of rotatable bonds is 4. The van der Waals surface area contributed by atoms with Crippen molar-refractivity contribution in [3.63, 3.8) is 0 Å². The molecule has 0 rings (SSSR count). The highest BCUT2D eigenvalue weighted by atomic mass is 13.8. The normalized spacial score (nSPS) is 9.00. The van der Waals surface area contributed by atoms with Crippen LogP contribution in [-0.2, 0) is 0 Å². The fourth-order valence-corrected chi connectivity index (χ4v) is 0.584. The van der Waals surface area contributed by atoms with Gasteiger partial charge in [0.05, 0.1) is 0 Å². The highest BCUT2D eigenvalue weighted by Gasteiger charge is 1.71. The van der Waals surface area contributed by atoms with Crippen molar-refractivity contribution in [1.82, 2.24) is 0 Å². The number of allylic oxidation sites excluding steroid dienone is 3. The molecule has 0 amide bonds. The van der Waals surface area contributed by atoms with E-state index in [-0.39, 0.29) is 0 Å². The van der Waals surface area contributed by atoms with Crippen LogP contribution in [0.1, 0.15) is 46.5 Å². The molecule has 66 valence electrons. The van der Waals surface area contributed by atoms with Crippen LogP contribution in [-0.4, -0.2) is 0 Å². The van der Waals surface area contributed by atoms with Crippen LogP contribution in [0.3, 0.4) is 0 Å². The second kappa shape index (κ2) is 16.2. The van der Waals surface area contributed by atoms with E-state index in [9.17, 15) is 0 Å². The summed E-state index contributed by atoms with van der Waals surface area (Å²) >= 11 is 0. The fraction of sp³-hybridized carbons (Fsp3) is 0.636. The van der Waals surface area contributed by atoms with Crippen LogP contribution in [0.15, 0.2) is 24.8 Å². The standard InChI is InChI=1S/C6H12.C5H10/c1-3-5-6-4-2;1-3-5-4-2/h3H,1,4-6H2,2H3;3,5H,4H2,1-2H3/b;5-3+. The Morgan fingerprint density at radius 1 is 1.27 bits per heavy atom. The lowest BCUT2D eigenvalue weighted by Gasteiger charge is -1.81. The van der Waals surface area contributed by atoms with Crippen molar-refractivity contribution in [2.75, 3.05) is 0 Å². The van der Waals surface area contributed by atoms with Gasteiger partial charge in [-0.2, -0.15) is 0 Å². The Hall–Kier alpha value is -0.520. The Morgan fingerprint density at radius 2 is 1.91 bits per heavy atom. The van der Waals surface area contributed by atoms with Gasteiger partial charge in [0.25, 0.3) is 0 Å². The molecule has 0 aliphatic carbocycles. The van der Waals surface area contributed by atoms with Crippen LogP contribution in [0.4, 0.5) is 0 Å². The first-order chi connectivity index (χ1) is 5.33. The Balaban J connectivity index is 0. The molecule has 0 aromatic carbocycles. The number of hydrogen-bond donors (Lipinski definition) is 0. The quantitative estimate of drug-likeness (QED) is 0.417. The molecule has 0 unspecified atom stereocenters. The molecule has 0 spiro atoms. The van der Waals surface area contributed by atoms with Gasteiger partial charge in [0, 0.05) is 0 Å². The zero-order chi connectivity index (χ0) is 8.95. The van der Waals surface area contributed by atoms with E-state index in [2.05, 4.69) is 32.6 Å². The van der Waals surface area contributed by atoms with E-state index in [1.54, 1.807) is 0 Å². The monoisotopic (exact) mass is 154 g/mol. The number of unbranched alkanes of at least 4 members (excludes halogenated alkanes) is 2. The molecule has 0 heteroatoms. The van der Waals surface area contributed by atoms with Crippen molar-refractivity contribution in [1.29, 1.82) is 0 Å². The van der Waals surface area contributed by atoms with Crippen molar-refractivity contribution < 1.29 is 0 Å². The van der Waals surface area contributed by atoms with Crippen LogP contribution in [0.2, 0.25) is 0 Å². The third kappa shape index (κ3) is 26.4. The van der Waals surface area contributed by atoms with Gasteiger partial charge in [-0.25, -0.2) is 0 Å². The molecule has 0 atom stereocenters. The first kappa shape index (κ1) is 13.1. The summed E-state index contributed by atoms with van der Waals surface area (Å²) in [5.74, 6) is 0. The van der Waals surface area contributed by atoms with Crippen LogP contribution in [0.25, 0.3) is 0 Å². The van der Waals surface area contributed by atoms with Crippen LogP contribution < -0.4 is 0 Å². The maximum absolute atomic E-state index is 3.60. The third-order valence-corrected chi connectivity index (χ3v) is 1.23. The first-order valence-corrected chi connectivity index (χ1v) is 4.55. The van der Waals surface area contributed by atoms with E-state index in [0.717, 1.165) is 6.42 Å². The van der Waals surface area contributed by atoms with Gasteiger partial charge in [-0.3, -0.25) is 0 Å². The van der Waals surface area contributed by atoms with Crippen molar-refractivity contribution in [3.05, 3.63) is 24.8 Å². The zero-order valence-corrected chi connectivity index (χ0v) is 8.27. The Bertz CT molecular complexity index is 80.0. The molecule has 0 heterocycles. The zero-order valence-electron chi connectivity index (χ0n) is 8.27. The molecule has 0 fully saturated rings. The fourth-order valence-electron chi connectivity index (χ4n) is 0.584. The second-order valence-electron chi connectivity index (χ2n) is 2.41. The molecule has 0 aromatic heterocycles. The molecular formula is C11H22. The van der Waals surface area contributed by atoms with Gasteiger partial charge in [-0.15, -0.1) is 6.58 Å². The van der Waals surface area contributed by atoms with Gasteiger partial charge in [0.1, 0.15) is 0 Å². The predicted molar refractivity (Wildman–Crippen MR) is 54.8 cm³/mol. The third-order valence-electron chi connectivity index (χ3n) is 1.23. The van der Waals surface area contributed by atoms with Gasteiger partial charge in [-0.1, -0.05) is 44.9 Å². The van der Waals surface area contributed by atoms with E-state index in [4.69, 9.17) is 0 Å². The van der Waals surface area contributed by atoms with E-state index in [0.29, 0.717) is 0 Å². The molecule has 0 aromatic rings. The summed E-state index contributed by atoms with van der Waals surface area (Å²) in [6.07, 6.45) is 11.1. The molecule has 0 saturated carbocycles. The van der Waals surface area contributed by atoms with Crippen LogP contribution in [0.5, 0.6) is 0 Å². The molecule has 0 nitrogen and oxygen atoms in total.